The van der Waals surface area contributed by atoms with Crippen LogP contribution in [0.25, 0.3) is 0 Å². The third-order valence-corrected chi connectivity index (χ3v) is 4.82. The molecule has 0 unspecified atom stereocenters. The molecule has 1 aliphatic heterocycles. The highest BCUT2D eigenvalue weighted by molar-refractivity contribution is 5.78. The lowest BCUT2D eigenvalue weighted by Gasteiger charge is -2.34. The molecule has 1 saturated heterocycles. The van der Waals surface area contributed by atoms with Gasteiger partial charge in [0.25, 0.3) is 0 Å². The highest BCUT2D eigenvalue weighted by atomic mass is 16.5. The van der Waals surface area contributed by atoms with E-state index >= 15 is 0 Å². The number of rotatable bonds is 6. The molecule has 5 heteroatoms. The Morgan fingerprint density at radius 3 is 2.19 bits per heavy atom. The predicted molar refractivity (Wildman–Crippen MR) is 105 cm³/mol. The summed E-state index contributed by atoms with van der Waals surface area (Å²) in [5, 5.41) is 2.99. The number of benzene rings is 2. The standard InChI is InChI=1S/C21H27N3O2/c1-23-11-13-24(14-12-23)19-7-3-18(4-8-19)16-22-21(25)15-17-5-9-20(26-2)10-6-17/h3-10H,11-16H2,1-2H3,(H,22,25). The maximum atomic E-state index is 12.1. The zero-order valence-electron chi connectivity index (χ0n) is 15.6. The van der Waals surface area contributed by atoms with Crippen LogP contribution in [0.2, 0.25) is 0 Å². The molecule has 1 fully saturated rings. The van der Waals surface area contributed by atoms with Crippen molar-refractivity contribution in [3.63, 3.8) is 0 Å². The van der Waals surface area contributed by atoms with Crippen molar-refractivity contribution in [1.82, 2.24) is 10.2 Å². The molecule has 0 aliphatic carbocycles. The quantitative estimate of drug-likeness (QED) is 0.866. The molecule has 1 amide bonds. The van der Waals surface area contributed by atoms with Gasteiger partial charge < -0.3 is 19.9 Å². The Bertz CT molecular complexity index is 705. The van der Waals surface area contributed by atoms with Crippen LogP contribution < -0.4 is 15.0 Å². The van der Waals surface area contributed by atoms with Crippen LogP contribution in [0, 0.1) is 0 Å². The minimum absolute atomic E-state index is 0.0262. The molecule has 138 valence electrons. The molecule has 0 radical (unpaired) electrons. The Labute approximate surface area is 155 Å². The largest absolute Gasteiger partial charge is 0.497 e. The van der Waals surface area contributed by atoms with E-state index in [0.29, 0.717) is 13.0 Å². The van der Waals surface area contributed by atoms with Crippen LogP contribution in [-0.4, -0.2) is 51.1 Å². The second-order valence-corrected chi connectivity index (χ2v) is 6.76. The minimum atomic E-state index is 0.0262. The number of carbonyl (C=O) groups excluding carboxylic acids is 1. The van der Waals surface area contributed by atoms with Crippen LogP contribution in [0.3, 0.4) is 0 Å². The Morgan fingerprint density at radius 1 is 0.962 bits per heavy atom. The van der Waals surface area contributed by atoms with Crippen LogP contribution in [0.4, 0.5) is 5.69 Å². The van der Waals surface area contributed by atoms with Crippen LogP contribution in [-0.2, 0) is 17.8 Å². The Morgan fingerprint density at radius 2 is 1.58 bits per heavy atom. The van der Waals surface area contributed by atoms with Gasteiger partial charge in [-0.3, -0.25) is 4.79 Å². The van der Waals surface area contributed by atoms with E-state index in [1.165, 1.54) is 5.69 Å². The van der Waals surface area contributed by atoms with Gasteiger partial charge in [0, 0.05) is 38.4 Å². The topological polar surface area (TPSA) is 44.8 Å². The first-order chi connectivity index (χ1) is 12.6. The van der Waals surface area contributed by atoms with Gasteiger partial charge >= 0.3 is 0 Å². The minimum Gasteiger partial charge on any atom is -0.497 e. The molecule has 2 aromatic rings. The van der Waals surface area contributed by atoms with E-state index in [0.717, 1.165) is 43.1 Å². The summed E-state index contributed by atoms with van der Waals surface area (Å²) in [5.74, 6) is 0.827. The van der Waals surface area contributed by atoms with Crippen LogP contribution >= 0.6 is 0 Å². The number of amides is 1. The predicted octanol–water partition coefficient (Wildman–Crippen LogP) is 2.31. The van der Waals surface area contributed by atoms with Crippen molar-refractivity contribution in [3.05, 3.63) is 59.7 Å². The van der Waals surface area contributed by atoms with E-state index in [1.807, 2.05) is 24.3 Å². The monoisotopic (exact) mass is 353 g/mol. The first kappa shape index (κ1) is 18.3. The van der Waals surface area contributed by atoms with Crippen molar-refractivity contribution >= 4 is 11.6 Å². The molecule has 0 atom stereocenters. The molecule has 1 N–H and O–H groups in total. The molecule has 26 heavy (non-hydrogen) atoms. The molecule has 0 aromatic heterocycles. The number of nitrogens with zero attached hydrogens (tertiary/aromatic N) is 2. The van der Waals surface area contributed by atoms with Gasteiger partial charge in [-0.25, -0.2) is 0 Å². The lowest BCUT2D eigenvalue weighted by atomic mass is 10.1. The maximum Gasteiger partial charge on any atom is 0.224 e. The second-order valence-electron chi connectivity index (χ2n) is 6.76. The van der Waals surface area contributed by atoms with E-state index in [1.54, 1.807) is 7.11 Å². The molecular formula is C21H27N3O2. The zero-order chi connectivity index (χ0) is 18.4. The van der Waals surface area contributed by atoms with Gasteiger partial charge in [-0.2, -0.15) is 0 Å². The molecule has 3 rings (SSSR count). The van der Waals surface area contributed by atoms with Gasteiger partial charge in [0.2, 0.25) is 5.91 Å². The Kier molecular flexibility index (Phi) is 6.12. The van der Waals surface area contributed by atoms with Gasteiger partial charge in [0.05, 0.1) is 13.5 Å². The van der Waals surface area contributed by atoms with Crippen LogP contribution in [0.1, 0.15) is 11.1 Å². The molecule has 1 heterocycles. The summed E-state index contributed by atoms with van der Waals surface area (Å²) in [6.07, 6.45) is 0.378. The summed E-state index contributed by atoms with van der Waals surface area (Å²) < 4.78 is 5.13. The molecule has 1 aliphatic rings. The van der Waals surface area contributed by atoms with Crippen molar-refractivity contribution in [2.75, 3.05) is 45.2 Å². The average molecular weight is 353 g/mol. The number of carbonyl (C=O) groups is 1. The number of hydrogen-bond donors (Lipinski definition) is 1. The third kappa shape index (κ3) is 4.99. The van der Waals surface area contributed by atoms with Gasteiger partial charge in [-0.1, -0.05) is 24.3 Å². The summed E-state index contributed by atoms with van der Waals surface area (Å²) in [7, 11) is 3.80. The number of methoxy groups -OCH3 is 1. The van der Waals surface area contributed by atoms with E-state index in [-0.39, 0.29) is 5.91 Å². The van der Waals surface area contributed by atoms with E-state index in [4.69, 9.17) is 4.74 Å². The molecular weight excluding hydrogens is 326 g/mol. The normalized spacial score (nSPS) is 14.9. The first-order valence-corrected chi connectivity index (χ1v) is 9.06. The lowest BCUT2D eigenvalue weighted by Crippen LogP contribution is -2.44. The van der Waals surface area contributed by atoms with E-state index < -0.39 is 0 Å². The first-order valence-electron chi connectivity index (χ1n) is 9.06. The fourth-order valence-electron chi connectivity index (χ4n) is 3.08. The SMILES string of the molecule is COc1ccc(CC(=O)NCc2ccc(N3CCN(C)CC3)cc2)cc1. The van der Waals surface area contributed by atoms with Crippen molar-refractivity contribution in [2.45, 2.75) is 13.0 Å². The van der Waals surface area contributed by atoms with Crippen LogP contribution in [0.15, 0.2) is 48.5 Å². The summed E-state index contributed by atoms with van der Waals surface area (Å²) in [5.41, 5.74) is 3.35. The molecule has 2 aromatic carbocycles. The second kappa shape index (κ2) is 8.72. The summed E-state index contributed by atoms with van der Waals surface area (Å²) >= 11 is 0. The van der Waals surface area contributed by atoms with Gasteiger partial charge in [0.1, 0.15) is 5.75 Å². The third-order valence-electron chi connectivity index (χ3n) is 4.82. The molecule has 5 nitrogen and oxygen atoms in total. The van der Waals surface area contributed by atoms with Crippen LogP contribution in [0.5, 0.6) is 5.75 Å². The highest BCUT2D eigenvalue weighted by Crippen LogP contribution is 2.17. The summed E-state index contributed by atoms with van der Waals surface area (Å²) in [6.45, 7) is 4.88. The maximum absolute atomic E-state index is 12.1. The molecule has 0 spiro atoms. The van der Waals surface area contributed by atoms with Gasteiger partial charge in [-0.05, 0) is 42.4 Å². The van der Waals surface area contributed by atoms with Gasteiger partial charge in [0.15, 0.2) is 0 Å². The fraction of sp³-hybridized carbons (Fsp3) is 0.381. The van der Waals surface area contributed by atoms with Gasteiger partial charge in [-0.15, -0.1) is 0 Å². The number of anilines is 1. The molecule has 0 bridgehead atoms. The number of nitrogens with one attached hydrogen (secondary N) is 1. The zero-order valence-corrected chi connectivity index (χ0v) is 15.6. The van der Waals surface area contributed by atoms with E-state index in [9.17, 15) is 4.79 Å². The number of piperazine rings is 1. The number of ether oxygens (including phenoxy) is 1. The summed E-state index contributed by atoms with van der Waals surface area (Å²) in [6, 6.07) is 16.1. The number of hydrogen-bond acceptors (Lipinski definition) is 4. The fourth-order valence-corrected chi connectivity index (χ4v) is 3.08. The Balaban J connectivity index is 1.47. The molecule has 0 saturated carbocycles. The number of likely N-dealkylation sites (N-methyl/N-ethyl adjacent to an activating group) is 1. The van der Waals surface area contributed by atoms with Crippen molar-refractivity contribution < 1.29 is 9.53 Å². The Hall–Kier alpha value is -2.53. The van der Waals surface area contributed by atoms with E-state index in [2.05, 4.69) is 46.4 Å². The van der Waals surface area contributed by atoms with Crippen molar-refractivity contribution in [2.24, 2.45) is 0 Å². The average Bonchev–Trinajstić information content (AvgIpc) is 2.68. The summed E-state index contributed by atoms with van der Waals surface area (Å²) in [4.78, 5) is 16.9. The van der Waals surface area contributed by atoms with Crippen molar-refractivity contribution in [3.8, 4) is 5.75 Å². The lowest BCUT2D eigenvalue weighted by molar-refractivity contribution is -0.120. The highest BCUT2D eigenvalue weighted by Gasteiger charge is 2.14. The van der Waals surface area contributed by atoms with Crippen molar-refractivity contribution in [1.29, 1.82) is 0 Å². The smallest absolute Gasteiger partial charge is 0.224 e.